The molecule has 1 aromatic carbocycles. The fourth-order valence-corrected chi connectivity index (χ4v) is 1.88. The Bertz CT molecular complexity index is 554. The van der Waals surface area contributed by atoms with Gasteiger partial charge in [0, 0.05) is 37.2 Å². The highest BCUT2D eigenvalue weighted by Crippen LogP contribution is 2.15. The molecule has 1 aromatic heterocycles. The number of hydrogen-bond acceptors (Lipinski definition) is 3. The van der Waals surface area contributed by atoms with Gasteiger partial charge >= 0.3 is 0 Å². The molecule has 0 aliphatic carbocycles. The molecule has 19 heavy (non-hydrogen) atoms. The van der Waals surface area contributed by atoms with Gasteiger partial charge in [-0.2, -0.15) is 0 Å². The normalized spacial score (nSPS) is 10.2. The van der Waals surface area contributed by atoms with Gasteiger partial charge in [0.25, 0.3) is 0 Å². The minimum atomic E-state index is 0.0643. The second kappa shape index (κ2) is 6.00. The van der Waals surface area contributed by atoms with Crippen molar-refractivity contribution >= 4 is 17.3 Å². The largest absolute Gasteiger partial charge is 0.399 e. The highest BCUT2D eigenvalue weighted by Gasteiger charge is 2.11. The summed E-state index contributed by atoms with van der Waals surface area (Å²) in [7, 11) is 1.77. The molecule has 2 N–H and O–H groups in total. The van der Waals surface area contributed by atoms with Crippen molar-refractivity contribution < 1.29 is 4.79 Å². The molecule has 1 amide bonds. The van der Waals surface area contributed by atoms with E-state index in [0.717, 1.165) is 16.9 Å². The van der Waals surface area contributed by atoms with Crippen LogP contribution in [-0.2, 0) is 11.2 Å². The number of anilines is 2. The molecule has 0 radical (unpaired) electrons. The van der Waals surface area contributed by atoms with Crippen molar-refractivity contribution in [3.63, 3.8) is 0 Å². The number of nitrogen functional groups attached to an aromatic ring is 1. The number of benzene rings is 1. The standard InChI is InChI=1S/C15H17N3O/c1-18(13-8-10-17-11-9-13)15(19)7-6-12-4-2-3-5-14(12)16/h2-5,8-11H,6-7,16H2,1H3. The molecule has 98 valence electrons. The van der Waals surface area contributed by atoms with Crippen LogP contribution in [0.15, 0.2) is 48.8 Å². The monoisotopic (exact) mass is 255 g/mol. The summed E-state index contributed by atoms with van der Waals surface area (Å²) in [6, 6.07) is 11.3. The van der Waals surface area contributed by atoms with Crippen LogP contribution in [0, 0.1) is 0 Å². The first kappa shape index (κ1) is 13.1. The van der Waals surface area contributed by atoms with Crippen LogP contribution in [0.3, 0.4) is 0 Å². The third-order valence-corrected chi connectivity index (χ3v) is 3.09. The van der Waals surface area contributed by atoms with Crippen molar-refractivity contribution in [1.82, 2.24) is 4.98 Å². The smallest absolute Gasteiger partial charge is 0.227 e. The van der Waals surface area contributed by atoms with Crippen LogP contribution in [0.2, 0.25) is 0 Å². The molecule has 2 aromatic rings. The molecule has 0 aliphatic heterocycles. The Kier molecular flexibility index (Phi) is 4.13. The summed E-state index contributed by atoms with van der Waals surface area (Å²) >= 11 is 0. The van der Waals surface area contributed by atoms with E-state index < -0.39 is 0 Å². The molecule has 1 heterocycles. The van der Waals surface area contributed by atoms with Gasteiger partial charge in [0.1, 0.15) is 0 Å². The maximum atomic E-state index is 12.1. The van der Waals surface area contributed by atoms with E-state index in [1.165, 1.54) is 0 Å². The van der Waals surface area contributed by atoms with Gasteiger partial charge in [-0.15, -0.1) is 0 Å². The number of nitrogens with two attached hydrogens (primary N) is 1. The molecule has 2 rings (SSSR count). The van der Waals surface area contributed by atoms with Crippen molar-refractivity contribution in [1.29, 1.82) is 0 Å². The Balaban J connectivity index is 1.97. The summed E-state index contributed by atoms with van der Waals surface area (Å²) in [5.74, 6) is 0.0643. The van der Waals surface area contributed by atoms with Crippen LogP contribution < -0.4 is 10.6 Å². The Labute approximate surface area is 112 Å². The maximum Gasteiger partial charge on any atom is 0.227 e. The van der Waals surface area contributed by atoms with E-state index in [0.29, 0.717) is 12.8 Å². The van der Waals surface area contributed by atoms with E-state index in [1.54, 1.807) is 24.3 Å². The number of para-hydroxylation sites is 1. The van der Waals surface area contributed by atoms with Crippen LogP contribution in [0.5, 0.6) is 0 Å². The maximum absolute atomic E-state index is 12.1. The Morgan fingerprint density at radius 1 is 1.21 bits per heavy atom. The first-order chi connectivity index (χ1) is 9.18. The molecule has 0 saturated heterocycles. The lowest BCUT2D eigenvalue weighted by Gasteiger charge is -2.17. The molecular formula is C15H17N3O. The number of amides is 1. The number of pyridine rings is 1. The molecule has 0 aliphatic rings. The van der Waals surface area contributed by atoms with Crippen LogP contribution in [0.4, 0.5) is 11.4 Å². The number of aromatic nitrogens is 1. The summed E-state index contributed by atoms with van der Waals surface area (Å²) in [5.41, 5.74) is 8.46. The molecule has 0 spiro atoms. The third kappa shape index (κ3) is 3.31. The molecule has 4 nitrogen and oxygen atoms in total. The highest BCUT2D eigenvalue weighted by atomic mass is 16.2. The summed E-state index contributed by atoms with van der Waals surface area (Å²) in [5, 5.41) is 0. The SMILES string of the molecule is CN(C(=O)CCc1ccccc1N)c1ccncc1. The molecular weight excluding hydrogens is 238 g/mol. The van der Waals surface area contributed by atoms with E-state index in [9.17, 15) is 4.79 Å². The quantitative estimate of drug-likeness (QED) is 0.852. The topological polar surface area (TPSA) is 59.2 Å². The van der Waals surface area contributed by atoms with E-state index in [2.05, 4.69) is 4.98 Å². The summed E-state index contributed by atoms with van der Waals surface area (Å²) in [4.78, 5) is 17.7. The number of nitrogens with zero attached hydrogens (tertiary/aromatic N) is 2. The molecule has 4 heteroatoms. The molecule has 0 bridgehead atoms. The zero-order chi connectivity index (χ0) is 13.7. The summed E-state index contributed by atoms with van der Waals surface area (Å²) < 4.78 is 0. The molecule has 0 fully saturated rings. The lowest BCUT2D eigenvalue weighted by molar-refractivity contribution is -0.118. The van der Waals surface area contributed by atoms with Gasteiger partial charge in [0.05, 0.1) is 0 Å². The van der Waals surface area contributed by atoms with E-state index in [1.807, 2.05) is 36.4 Å². The molecule has 0 atom stereocenters. The Morgan fingerprint density at radius 2 is 1.89 bits per heavy atom. The number of hydrogen-bond donors (Lipinski definition) is 1. The average Bonchev–Trinajstić information content (AvgIpc) is 2.46. The lowest BCUT2D eigenvalue weighted by atomic mass is 10.1. The van der Waals surface area contributed by atoms with E-state index in [-0.39, 0.29) is 5.91 Å². The van der Waals surface area contributed by atoms with Gasteiger partial charge in [0.15, 0.2) is 0 Å². The number of carbonyl (C=O) groups is 1. The lowest BCUT2D eigenvalue weighted by Crippen LogP contribution is -2.26. The Morgan fingerprint density at radius 3 is 2.58 bits per heavy atom. The second-order valence-corrected chi connectivity index (χ2v) is 4.36. The van der Waals surface area contributed by atoms with Crippen molar-refractivity contribution in [2.45, 2.75) is 12.8 Å². The predicted molar refractivity (Wildman–Crippen MR) is 76.8 cm³/mol. The fourth-order valence-electron chi connectivity index (χ4n) is 1.88. The van der Waals surface area contributed by atoms with Crippen LogP contribution in [0.25, 0.3) is 0 Å². The summed E-state index contributed by atoms with van der Waals surface area (Å²) in [6.07, 6.45) is 4.44. The van der Waals surface area contributed by atoms with Gasteiger partial charge in [-0.05, 0) is 30.2 Å². The van der Waals surface area contributed by atoms with Crippen LogP contribution >= 0.6 is 0 Å². The van der Waals surface area contributed by atoms with Gasteiger partial charge in [0.2, 0.25) is 5.91 Å². The van der Waals surface area contributed by atoms with E-state index in [4.69, 9.17) is 5.73 Å². The minimum absolute atomic E-state index is 0.0643. The zero-order valence-electron chi connectivity index (χ0n) is 10.9. The summed E-state index contributed by atoms with van der Waals surface area (Å²) in [6.45, 7) is 0. The van der Waals surface area contributed by atoms with Gasteiger partial charge in [-0.3, -0.25) is 9.78 Å². The van der Waals surface area contributed by atoms with Crippen LogP contribution in [-0.4, -0.2) is 17.9 Å². The van der Waals surface area contributed by atoms with Gasteiger partial charge in [-0.1, -0.05) is 18.2 Å². The van der Waals surface area contributed by atoms with Crippen molar-refractivity contribution in [3.8, 4) is 0 Å². The number of rotatable bonds is 4. The predicted octanol–water partition coefficient (Wildman–Crippen LogP) is 2.26. The molecule has 0 unspecified atom stereocenters. The first-order valence-corrected chi connectivity index (χ1v) is 6.18. The highest BCUT2D eigenvalue weighted by molar-refractivity contribution is 5.92. The average molecular weight is 255 g/mol. The number of carbonyl (C=O) groups excluding carboxylic acids is 1. The second-order valence-electron chi connectivity index (χ2n) is 4.36. The first-order valence-electron chi connectivity index (χ1n) is 6.18. The molecule has 0 saturated carbocycles. The number of aryl methyl sites for hydroxylation is 1. The van der Waals surface area contributed by atoms with Crippen molar-refractivity contribution in [2.24, 2.45) is 0 Å². The third-order valence-electron chi connectivity index (χ3n) is 3.09. The Hall–Kier alpha value is -2.36. The van der Waals surface area contributed by atoms with Gasteiger partial charge < -0.3 is 10.6 Å². The minimum Gasteiger partial charge on any atom is -0.399 e. The van der Waals surface area contributed by atoms with Gasteiger partial charge in [-0.25, -0.2) is 0 Å². The zero-order valence-corrected chi connectivity index (χ0v) is 10.9. The van der Waals surface area contributed by atoms with Crippen molar-refractivity contribution in [2.75, 3.05) is 17.7 Å². The van der Waals surface area contributed by atoms with E-state index >= 15 is 0 Å². The van der Waals surface area contributed by atoms with Crippen molar-refractivity contribution in [3.05, 3.63) is 54.4 Å². The fraction of sp³-hybridized carbons (Fsp3) is 0.200. The van der Waals surface area contributed by atoms with Crippen LogP contribution in [0.1, 0.15) is 12.0 Å².